The van der Waals surface area contributed by atoms with E-state index in [1.165, 1.54) is 36.2 Å². The number of para-hydroxylation sites is 1. The highest BCUT2D eigenvalue weighted by Crippen LogP contribution is 2.42. The van der Waals surface area contributed by atoms with Crippen molar-refractivity contribution < 1.29 is 62.8 Å². The molecule has 7 rings (SSSR count). The second-order valence-corrected chi connectivity index (χ2v) is 22.9. The Morgan fingerprint density at radius 2 is 1.53 bits per heavy atom. The zero-order chi connectivity index (χ0) is 53.9. The first kappa shape index (κ1) is 58.0. The molecule has 15 nitrogen and oxygen atoms in total. The lowest BCUT2D eigenvalue weighted by Crippen LogP contribution is -2.60. The number of benzene rings is 3. The fraction of sp³-hybridized carbons (Fsp3) is 0.695. The van der Waals surface area contributed by atoms with Gasteiger partial charge in [-0.25, -0.2) is 0 Å². The van der Waals surface area contributed by atoms with Crippen LogP contribution in [0.4, 0.5) is 5.69 Å². The van der Waals surface area contributed by atoms with Crippen molar-refractivity contribution in [2.24, 2.45) is 23.7 Å². The predicted molar refractivity (Wildman–Crippen MR) is 284 cm³/mol. The van der Waals surface area contributed by atoms with Crippen LogP contribution in [0.5, 0.6) is 5.75 Å². The minimum absolute atomic E-state index is 0.0888. The number of methoxy groups -OCH3 is 2. The lowest BCUT2D eigenvalue weighted by atomic mass is 9.74. The van der Waals surface area contributed by atoms with Gasteiger partial charge in [0.1, 0.15) is 29.3 Å². The molecule has 0 bridgehead atoms. The molecule has 3 N–H and O–H groups in total. The summed E-state index contributed by atoms with van der Waals surface area (Å²) in [6.07, 6.45) is -4.27. The van der Waals surface area contributed by atoms with Gasteiger partial charge in [0, 0.05) is 76.2 Å². The van der Waals surface area contributed by atoms with Crippen LogP contribution in [-0.2, 0) is 55.7 Å². The van der Waals surface area contributed by atoms with Gasteiger partial charge in [-0.1, -0.05) is 64.1 Å². The van der Waals surface area contributed by atoms with Crippen molar-refractivity contribution in [1.82, 2.24) is 4.90 Å². The molecule has 15 heteroatoms. The number of ketones is 1. The zero-order valence-electron chi connectivity index (χ0n) is 46.5. The van der Waals surface area contributed by atoms with Crippen molar-refractivity contribution in [2.75, 3.05) is 45.9 Å². The number of ether oxygens (including phenoxy) is 8. The monoisotopic (exact) mass is 1030 g/mol. The molecule has 0 aliphatic carbocycles. The summed E-state index contributed by atoms with van der Waals surface area (Å²) < 4.78 is 51.7. The number of anilines is 1. The van der Waals surface area contributed by atoms with Crippen LogP contribution >= 0.6 is 0 Å². The predicted octanol–water partition coefficient (Wildman–Crippen LogP) is 8.02. The highest BCUT2D eigenvalue weighted by atomic mass is 16.7. The summed E-state index contributed by atoms with van der Waals surface area (Å²) in [6, 6.07) is 21.8. The third-order valence-electron chi connectivity index (χ3n) is 17.2. The van der Waals surface area contributed by atoms with Gasteiger partial charge in [0.25, 0.3) is 0 Å². The van der Waals surface area contributed by atoms with Crippen LogP contribution in [0, 0.1) is 23.7 Å². The maximum Gasteiger partial charge on any atom is 0.311 e. The molecule has 17 atom stereocenters. The van der Waals surface area contributed by atoms with Gasteiger partial charge in [-0.15, -0.1) is 0 Å². The SMILES string of the molecule is CC[C@H]1OC(=O)[C@H](C)[C@@H](O[C@H]2C[C@@](C)(OC)[C@@H](O)[C@H](C)O2)[C@H](C)[C@@H](O[C@H]2C[C@@H](N(C)CCCOc3ccc4ccc(CN5CCc6ccccc65)cc4c3)C[C@@H](C)O2)[C@](C)(OC)C[C@@H](C)C(=O)[C@H](C)[C@@H](O)[C@]1(C)O. The molecule has 4 heterocycles. The molecule has 3 aromatic rings. The number of aliphatic hydroxyl groups is 3. The number of hydrogen-bond donors (Lipinski definition) is 3. The molecule has 412 valence electrons. The second kappa shape index (κ2) is 24.3. The summed E-state index contributed by atoms with van der Waals surface area (Å²) in [5.41, 5.74) is -0.168. The standard InChI is InChI=1S/C59H88N2O13/c1-14-48-59(10,66)53(63)37(4)51(62)35(2)32-58(9,68-13)55(38(5)52(39(6)56(65)72-48)73-50-33-57(8,67-12)54(64)40(7)71-50)74-49-31-45(28-36(3)70-49)60(11)25-17-27-69-46-23-22-42-21-20-41(29-44(42)30-46)34-61-26-24-43-18-15-16-19-47(43)61/h15-16,18-23,29-30,35-40,45,48-50,52-55,63-64,66H,14,17,24-28,31-34H2,1-13H3/t35-,36-,37+,38+,39-,40+,45+,48-,49+,50+,52+,53-,54+,55-,57-,58-,59-/m1/s1. The van der Waals surface area contributed by atoms with Crippen molar-refractivity contribution >= 4 is 28.2 Å². The van der Waals surface area contributed by atoms with Gasteiger partial charge in [-0.05, 0) is 127 Å². The van der Waals surface area contributed by atoms with Gasteiger partial charge in [-0.2, -0.15) is 0 Å². The number of carbonyl (C=O) groups is 2. The Hall–Kier alpha value is -3.74. The first-order valence-corrected chi connectivity index (χ1v) is 27.3. The summed E-state index contributed by atoms with van der Waals surface area (Å²) in [7, 11) is 5.23. The fourth-order valence-corrected chi connectivity index (χ4v) is 12.4. The van der Waals surface area contributed by atoms with E-state index in [1.54, 1.807) is 48.7 Å². The van der Waals surface area contributed by atoms with E-state index in [0.717, 1.165) is 50.0 Å². The van der Waals surface area contributed by atoms with E-state index in [2.05, 4.69) is 71.4 Å². The summed E-state index contributed by atoms with van der Waals surface area (Å²) in [5.74, 6) is -3.40. The molecule has 3 fully saturated rings. The summed E-state index contributed by atoms with van der Waals surface area (Å²) in [6.45, 7) is 20.9. The average molecular weight is 1030 g/mol. The van der Waals surface area contributed by atoms with Gasteiger partial charge < -0.3 is 63.0 Å². The molecule has 4 aliphatic rings. The Balaban J connectivity index is 1.08. The van der Waals surface area contributed by atoms with Gasteiger partial charge in [0.05, 0.1) is 54.2 Å². The molecule has 74 heavy (non-hydrogen) atoms. The molecule has 3 aromatic carbocycles. The summed E-state index contributed by atoms with van der Waals surface area (Å²) >= 11 is 0. The molecule has 0 radical (unpaired) electrons. The Morgan fingerprint density at radius 3 is 2.24 bits per heavy atom. The van der Waals surface area contributed by atoms with E-state index in [-0.39, 0.29) is 37.2 Å². The first-order valence-electron chi connectivity index (χ1n) is 27.3. The largest absolute Gasteiger partial charge is 0.494 e. The molecule has 0 unspecified atom stereocenters. The van der Waals surface area contributed by atoms with Gasteiger partial charge >= 0.3 is 5.97 Å². The Kier molecular flexibility index (Phi) is 19.0. The first-order chi connectivity index (χ1) is 35.0. The average Bonchev–Trinajstić information content (AvgIpc) is 3.79. The van der Waals surface area contributed by atoms with Crippen LogP contribution in [0.15, 0.2) is 60.7 Å². The fourth-order valence-electron chi connectivity index (χ4n) is 12.4. The van der Waals surface area contributed by atoms with E-state index in [9.17, 15) is 24.9 Å². The molecule has 4 aliphatic heterocycles. The molecule has 0 amide bonds. The van der Waals surface area contributed by atoms with Crippen molar-refractivity contribution in [3.63, 3.8) is 0 Å². The number of rotatable bonds is 15. The molecule has 0 spiro atoms. The minimum Gasteiger partial charge on any atom is -0.494 e. The quantitative estimate of drug-likeness (QED) is 0.0985. The van der Waals surface area contributed by atoms with E-state index in [4.69, 9.17) is 37.9 Å². The number of Topliss-reactive ketones (excluding diaryl/α,β-unsaturated/α-hetero) is 1. The minimum atomic E-state index is -1.96. The van der Waals surface area contributed by atoms with Gasteiger partial charge in [0.15, 0.2) is 12.6 Å². The highest BCUT2D eigenvalue weighted by Gasteiger charge is 2.53. The van der Waals surface area contributed by atoms with Crippen molar-refractivity contribution in [1.29, 1.82) is 0 Å². The van der Waals surface area contributed by atoms with Crippen LogP contribution in [-0.4, -0.2) is 151 Å². The van der Waals surface area contributed by atoms with Crippen LogP contribution < -0.4 is 9.64 Å². The van der Waals surface area contributed by atoms with Gasteiger partial charge in [0.2, 0.25) is 0 Å². The normalized spacial score (nSPS) is 37.7. The second-order valence-electron chi connectivity index (χ2n) is 22.9. The molecule has 0 aromatic heterocycles. The molecular weight excluding hydrogens is 945 g/mol. The van der Waals surface area contributed by atoms with E-state index in [0.29, 0.717) is 13.0 Å². The Bertz CT molecular complexity index is 2350. The maximum atomic E-state index is 14.5. The highest BCUT2D eigenvalue weighted by molar-refractivity contribution is 5.85. The van der Waals surface area contributed by atoms with Crippen molar-refractivity contribution in [3.05, 3.63) is 71.8 Å². The number of nitrogens with zero attached hydrogens (tertiary/aromatic N) is 2. The smallest absolute Gasteiger partial charge is 0.311 e. The van der Waals surface area contributed by atoms with E-state index >= 15 is 0 Å². The third-order valence-corrected chi connectivity index (χ3v) is 17.2. The maximum absolute atomic E-state index is 14.5. The topological polar surface area (TPSA) is 175 Å². The summed E-state index contributed by atoms with van der Waals surface area (Å²) in [5, 5.41) is 36.9. The van der Waals surface area contributed by atoms with Crippen LogP contribution in [0.3, 0.4) is 0 Å². The lowest BCUT2D eigenvalue weighted by Gasteiger charge is -2.49. The van der Waals surface area contributed by atoms with Crippen molar-refractivity contribution in [2.45, 2.75) is 199 Å². The van der Waals surface area contributed by atoms with Gasteiger partial charge in [-0.3, -0.25) is 9.59 Å². The number of aliphatic hydroxyl groups excluding tert-OH is 2. The molecular formula is C59H88N2O13. The third kappa shape index (κ3) is 12.8. The van der Waals surface area contributed by atoms with Crippen LogP contribution in [0.2, 0.25) is 0 Å². The van der Waals surface area contributed by atoms with Crippen molar-refractivity contribution in [3.8, 4) is 5.75 Å². The Morgan fingerprint density at radius 1 is 0.811 bits per heavy atom. The number of carbonyl (C=O) groups excluding carboxylic acids is 2. The summed E-state index contributed by atoms with van der Waals surface area (Å²) in [4.78, 5) is 33.6. The van der Waals surface area contributed by atoms with E-state index in [1.807, 2.05) is 26.8 Å². The van der Waals surface area contributed by atoms with Crippen LogP contribution in [0.1, 0.15) is 119 Å². The number of hydrogen-bond acceptors (Lipinski definition) is 15. The molecule has 3 saturated heterocycles. The zero-order valence-corrected chi connectivity index (χ0v) is 46.5. The Labute approximate surface area is 440 Å². The lowest BCUT2D eigenvalue weighted by molar-refractivity contribution is -0.309. The number of fused-ring (bicyclic) bond motifs is 2. The van der Waals surface area contributed by atoms with Crippen LogP contribution in [0.25, 0.3) is 10.8 Å². The number of cyclic esters (lactones) is 1. The number of esters is 1. The van der Waals surface area contributed by atoms with E-state index < -0.39 is 95.6 Å². The molecule has 0 saturated carbocycles.